The van der Waals surface area contributed by atoms with Crippen molar-refractivity contribution in [1.82, 2.24) is 14.9 Å². The Kier molecular flexibility index (Phi) is 3.91. The number of nitrogens with zero attached hydrogens (tertiary/aromatic N) is 3. The maximum absolute atomic E-state index is 5.89. The summed E-state index contributed by atoms with van der Waals surface area (Å²) in [6.45, 7) is 4.91. The van der Waals surface area contributed by atoms with Crippen molar-refractivity contribution in [2.75, 3.05) is 20.2 Å². The maximum atomic E-state index is 5.89. The van der Waals surface area contributed by atoms with Gasteiger partial charge >= 0.3 is 6.01 Å². The molecule has 0 radical (unpaired) electrons. The average molecular weight is 236 g/mol. The van der Waals surface area contributed by atoms with Gasteiger partial charge in [0.1, 0.15) is 0 Å². The van der Waals surface area contributed by atoms with Crippen LogP contribution in [0, 0.1) is 6.92 Å². The van der Waals surface area contributed by atoms with Crippen molar-refractivity contribution in [2.45, 2.75) is 32.4 Å². The molecule has 5 nitrogen and oxygen atoms in total. The summed E-state index contributed by atoms with van der Waals surface area (Å²) in [7, 11) is 1.60. The molecule has 1 aliphatic heterocycles. The predicted molar refractivity (Wildman–Crippen MR) is 65.8 cm³/mol. The molecule has 2 rings (SSSR count). The summed E-state index contributed by atoms with van der Waals surface area (Å²) >= 11 is 0. The molecule has 5 heteroatoms. The van der Waals surface area contributed by atoms with Crippen LogP contribution in [0.5, 0.6) is 6.01 Å². The monoisotopic (exact) mass is 236 g/mol. The Morgan fingerprint density at radius 3 is 2.76 bits per heavy atom. The fourth-order valence-electron chi connectivity index (χ4n) is 2.12. The third kappa shape index (κ3) is 3.38. The second kappa shape index (κ2) is 5.42. The summed E-state index contributed by atoms with van der Waals surface area (Å²) in [6, 6.07) is 2.83. The number of piperidine rings is 1. The fraction of sp³-hybridized carbons (Fsp3) is 0.667. The number of likely N-dealkylation sites (tertiary alicyclic amines) is 1. The zero-order valence-corrected chi connectivity index (χ0v) is 10.5. The molecule has 1 aliphatic rings. The van der Waals surface area contributed by atoms with Crippen molar-refractivity contribution in [3.63, 3.8) is 0 Å². The Morgan fingerprint density at radius 1 is 1.41 bits per heavy atom. The standard InChI is InChI=1S/C12H20N4O/c1-9-7-11(15-12(14-9)17-2)8-16-5-3-10(13)4-6-16/h7,10H,3-6,8,13H2,1-2H3. The van der Waals surface area contributed by atoms with Gasteiger partial charge in [-0.05, 0) is 25.8 Å². The van der Waals surface area contributed by atoms with Crippen LogP contribution >= 0.6 is 0 Å². The first kappa shape index (κ1) is 12.3. The molecule has 0 saturated carbocycles. The quantitative estimate of drug-likeness (QED) is 0.837. The van der Waals surface area contributed by atoms with Crippen LogP contribution in [0.4, 0.5) is 0 Å². The lowest BCUT2D eigenvalue weighted by Gasteiger charge is -2.29. The lowest BCUT2D eigenvalue weighted by molar-refractivity contribution is 0.202. The summed E-state index contributed by atoms with van der Waals surface area (Å²) in [5.74, 6) is 0. The Labute approximate surface area is 102 Å². The minimum atomic E-state index is 0.368. The minimum absolute atomic E-state index is 0.368. The number of hydrogen-bond donors (Lipinski definition) is 1. The Morgan fingerprint density at radius 2 is 2.12 bits per heavy atom. The Bertz CT molecular complexity index is 375. The van der Waals surface area contributed by atoms with Gasteiger partial charge in [0, 0.05) is 31.4 Å². The van der Waals surface area contributed by atoms with Gasteiger partial charge in [-0.1, -0.05) is 0 Å². The third-order valence-corrected chi connectivity index (χ3v) is 3.09. The van der Waals surface area contributed by atoms with Gasteiger partial charge in [0.2, 0.25) is 0 Å². The summed E-state index contributed by atoms with van der Waals surface area (Å²) in [6.07, 6.45) is 2.14. The molecule has 0 bridgehead atoms. The molecule has 2 N–H and O–H groups in total. The molecule has 2 heterocycles. The molecule has 1 saturated heterocycles. The van der Waals surface area contributed by atoms with Gasteiger partial charge in [0.25, 0.3) is 0 Å². The number of aromatic nitrogens is 2. The second-order valence-corrected chi connectivity index (χ2v) is 4.60. The van der Waals surface area contributed by atoms with Crippen molar-refractivity contribution in [3.8, 4) is 6.01 Å². The highest BCUT2D eigenvalue weighted by Gasteiger charge is 2.16. The zero-order valence-electron chi connectivity index (χ0n) is 10.5. The first-order chi connectivity index (χ1) is 8.17. The van der Waals surface area contributed by atoms with E-state index in [0.29, 0.717) is 12.1 Å². The van der Waals surface area contributed by atoms with Crippen LogP contribution in [-0.4, -0.2) is 41.1 Å². The number of ether oxygens (including phenoxy) is 1. The van der Waals surface area contributed by atoms with Crippen molar-refractivity contribution < 1.29 is 4.74 Å². The van der Waals surface area contributed by atoms with E-state index in [1.165, 1.54) is 0 Å². The van der Waals surface area contributed by atoms with Gasteiger partial charge in [-0.2, -0.15) is 4.98 Å². The van der Waals surface area contributed by atoms with Gasteiger partial charge in [0.05, 0.1) is 12.8 Å². The molecule has 17 heavy (non-hydrogen) atoms. The smallest absolute Gasteiger partial charge is 0.316 e. The number of aryl methyl sites for hydroxylation is 1. The van der Waals surface area contributed by atoms with Crippen molar-refractivity contribution in [2.24, 2.45) is 5.73 Å². The van der Waals surface area contributed by atoms with Crippen LogP contribution in [-0.2, 0) is 6.54 Å². The molecule has 94 valence electrons. The molecule has 1 aromatic heterocycles. The van der Waals surface area contributed by atoms with Crippen molar-refractivity contribution >= 4 is 0 Å². The Hall–Kier alpha value is -1.20. The molecule has 0 aromatic carbocycles. The highest BCUT2D eigenvalue weighted by molar-refractivity contribution is 5.12. The van der Waals surface area contributed by atoms with Crippen LogP contribution in [0.2, 0.25) is 0 Å². The van der Waals surface area contributed by atoms with E-state index in [4.69, 9.17) is 10.5 Å². The van der Waals surface area contributed by atoms with Crippen LogP contribution in [0.15, 0.2) is 6.07 Å². The van der Waals surface area contributed by atoms with Gasteiger partial charge in [0.15, 0.2) is 0 Å². The molecule has 0 amide bonds. The zero-order chi connectivity index (χ0) is 12.3. The highest BCUT2D eigenvalue weighted by atomic mass is 16.5. The lowest BCUT2D eigenvalue weighted by atomic mass is 10.1. The van der Waals surface area contributed by atoms with E-state index >= 15 is 0 Å². The average Bonchev–Trinajstić information content (AvgIpc) is 2.31. The normalized spacial score (nSPS) is 18.3. The number of hydrogen-bond acceptors (Lipinski definition) is 5. The van der Waals surface area contributed by atoms with E-state index in [2.05, 4.69) is 14.9 Å². The van der Waals surface area contributed by atoms with Crippen LogP contribution < -0.4 is 10.5 Å². The molecule has 1 aromatic rings. The van der Waals surface area contributed by atoms with Crippen molar-refractivity contribution in [3.05, 3.63) is 17.5 Å². The van der Waals surface area contributed by atoms with Gasteiger partial charge in [-0.3, -0.25) is 4.90 Å². The third-order valence-electron chi connectivity index (χ3n) is 3.09. The maximum Gasteiger partial charge on any atom is 0.316 e. The van der Waals surface area contributed by atoms with E-state index in [1.807, 2.05) is 13.0 Å². The minimum Gasteiger partial charge on any atom is -0.467 e. The summed E-state index contributed by atoms with van der Waals surface area (Å²) in [5.41, 5.74) is 7.85. The van der Waals surface area contributed by atoms with Crippen LogP contribution in [0.1, 0.15) is 24.2 Å². The first-order valence-corrected chi connectivity index (χ1v) is 6.04. The number of nitrogens with two attached hydrogens (primary N) is 1. The first-order valence-electron chi connectivity index (χ1n) is 6.04. The number of methoxy groups -OCH3 is 1. The van der Waals surface area contributed by atoms with E-state index in [9.17, 15) is 0 Å². The molecule has 0 atom stereocenters. The summed E-state index contributed by atoms with van der Waals surface area (Å²) in [4.78, 5) is 10.9. The van der Waals surface area contributed by atoms with E-state index in [1.54, 1.807) is 7.11 Å². The molecule has 0 unspecified atom stereocenters. The van der Waals surface area contributed by atoms with Crippen molar-refractivity contribution in [1.29, 1.82) is 0 Å². The molecule has 0 aliphatic carbocycles. The SMILES string of the molecule is COc1nc(C)cc(CN2CCC(N)CC2)n1. The summed E-state index contributed by atoms with van der Waals surface area (Å²) in [5, 5.41) is 0. The number of rotatable bonds is 3. The van der Waals surface area contributed by atoms with Crippen LogP contribution in [0.3, 0.4) is 0 Å². The predicted octanol–water partition coefficient (Wildman–Crippen LogP) is 0.717. The van der Waals surface area contributed by atoms with Gasteiger partial charge in [-0.25, -0.2) is 4.98 Å². The molecule has 0 spiro atoms. The topological polar surface area (TPSA) is 64.3 Å². The fourth-order valence-corrected chi connectivity index (χ4v) is 2.12. The molecular formula is C12H20N4O. The van der Waals surface area contributed by atoms with E-state index in [0.717, 1.165) is 43.9 Å². The lowest BCUT2D eigenvalue weighted by Crippen LogP contribution is -2.39. The van der Waals surface area contributed by atoms with E-state index in [-0.39, 0.29) is 0 Å². The molecule has 1 fully saturated rings. The largest absolute Gasteiger partial charge is 0.467 e. The highest BCUT2D eigenvalue weighted by Crippen LogP contribution is 2.13. The Balaban J connectivity index is 2.00. The second-order valence-electron chi connectivity index (χ2n) is 4.60. The van der Waals surface area contributed by atoms with Gasteiger partial charge in [-0.15, -0.1) is 0 Å². The molecular weight excluding hydrogens is 216 g/mol. The summed E-state index contributed by atoms with van der Waals surface area (Å²) < 4.78 is 5.08. The van der Waals surface area contributed by atoms with E-state index < -0.39 is 0 Å². The van der Waals surface area contributed by atoms with Crippen LogP contribution in [0.25, 0.3) is 0 Å². The van der Waals surface area contributed by atoms with Gasteiger partial charge < -0.3 is 10.5 Å².